The average molecular weight is 369 g/mol. The fraction of sp³-hybridized carbons (Fsp3) is 0.522. The lowest BCUT2D eigenvalue weighted by molar-refractivity contribution is 0.0849. The van der Waals surface area contributed by atoms with Crippen molar-refractivity contribution in [2.24, 2.45) is 11.8 Å². The van der Waals surface area contributed by atoms with Crippen molar-refractivity contribution in [1.82, 2.24) is 9.47 Å². The molecule has 0 aliphatic carbocycles. The van der Waals surface area contributed by atoms with Crippen LogP contribution in [0.3, 0.4) is 0 Å². The van der Waals surface area contributed by atoms with E-state index < -0.39 is 0 Å². The molecule has 1 saturated heterocycles. The molecule has 3 rings (SSSR count). The lowest BCUT2D eigenvalue weighted by atomic mass is 9.91. The topological polar surface area (TPSA) is 34.5 Å². The van der Waals surface area contributed by atoms with Crippen LogP contribution < -0.4 is 4.74 Å². The summed E-state index contributed by atoms with van der Waals surface area (Å²) in [5.74, 6) is 2.42. The van der Waals surface area contributed by atoms with Crippen LogP contribution in [-0.4, -0.2) is 41.5 Å². The van der Waals surface area contributed by atoms with Gasteiger partial charge in [-0.05, 0) is 69.4 Å². The van der Waals surface area contributed by atoms with Gasteiger partial charge in [-0.3, -0.25) is 9.69 Å². The van der Waals surface area contributed by atoms with Gasteiger partial charge < -0.3 is 9.30 Å². The highest BCUT2D eigenvalue weighted by Crippen LogP contribution is 2.25. The second kappa shape index (κ2) is 8.30. The summed E-state index contributed by atoms with van der Waals surface area (Å²) in [6, 6.07) is 10.1. The number of Topliss-reactive ketones (excluding diaryl/α,β-unsaturated/α-hetero) is 1. The maximum absolute atomic E-state index is 13.0. The number of hydrogen-bond acceptors (Lipinski definition) is 3. The predicted octanol–water partition coefficient (Wildman–Crippen LogP) is 4.65. The first-order valence-electron chi connectivity index (χ1n) is 10.1. The van der Waals surface area contributed by atoms with Crippen molar-refractivity contribution < 1.29 is 9.53 Å². The molecular formula is C23H32N2O2. The summed E-state index contributed by atoms with van der Waals surface area (Å²) < 4.78 is 7.69. The Hall–Kier alpha value is -2.07. The van der Waals surface area contributed by atoms with Gasteiger partial charge >= 0.3 is 0 Å². The van der Waals surface area contributed by atoms with Gasteiger partial charge in [-0.15, -0.1) is 0 Å². The predicted molar refractivity (Wildman–Crippen MR) is 110 cm³/mol. The van der Waals surface area contributed by atoms with E-state index in [4.69, 9.17) is 4.74 Å². The van der Waals surface area contributed by atoms with E-state index in [1.54, 1.807) is 0 Å². The van der Waals surface area contributed by atoms with Crippen molar-refractivity contribution in [2.45, 2.75) is 41.0 Å². The Morgan fingerprint density at radius 1 is 1.11 bits per heavy atom. The summed E-state index contributed by atoms with van der Waals surface area (Å²) in [5, 5.41) is 0. The SMILES string of the molecule is CCOc1ccc(-n2c(C)cc(C(=O)CN3CC(C)CC(C)C3)c2C)cc1. The van der Waals surface area contributed by atoms with Crippen molar-refractivity contribution in [3.8, 4) is 11.4 Å². The monoisotopic (exact) mass is 368 g/mol. The van der Waals surface area contributed by atoms with E-state index >= 15 is 0 Å². The zero-order chi connectivity index (χ0) is 19.6. The number of hydrogen-bond donors (Lipinski definition) is 0. The van der Waals surface area contributed by atoms with Gasteiger partial charge in [0.05, 0.1) is 13.2 Å². The van der Waals surface area contributed by atoms with Crippen LogP contribution in [0.15, 0.2) is 30.3 Å². The number of carbonyl (C=O) groups is 1. The van der Waals surface area contributed by atoms with Gasteiger partial charge in [-0.25, -0.2) is 0 Å². The quantitative estimate of drug-likeness (QED) is 0.696. The zero-order valence-electron chi connectivity index (χ0n) is 17.3. The standard InChI is InChI=1S/C23H32N2O2/c1-6-27-21-9-7-20(8-10-21)25-18(4)12-22(19(25)5)23(26)15-24-13-16(2)11-17(3)14-24/h7-10,12,16-17H,6,11,13-15H2,1-5H3. The fourth-order valence-electron chi connectivity index (χ4n) is 4.51. The number of carbonyl (C=O) groups excluding carboxylic acids is 1. The van der Waals surface area contributed by atoms with Crippen LogP contribution in [0.5, 0.6) is 5.75 Å². The van der Waals surface area contributed by atoms with E-state index in [1.165, 1.54) is 6.42 Å². The molecule has 1 aromatic heterocycles. The van der Waals surface area contributed by atoms with E-state index in [0.717, 1.165) is 41.5 Å². The van der Waals surface area contributed by atoms with Crippen molar-refractivity contribution in [2.75, 3.05) is 26.2 Å². The van der Waals surface area contributed by atoms with E-state index in [-0.39, 0.29) is 5.78 Å². The van der Waals surface area contributed by atoms with Crippen LogP contribution in [0.2, 0.25) is 0 Å². The number of likely N-dealkylation sites (tertiary alicyclic amines) is 1. The first-order chi connectivity index (χ1) is 12.9. The summed E-state index contributed by atoms with van der Waals surface area (Å²) in [5.41, 5.74) is 4.00. The van der Waals surface area contributed by atoms with Crippen molar-refractivity contribution in [3.63, 3.8) is 0 Å². The van der Waals surface area contributed by atoms with Crippen LogP contribution in [0.25, 0.3) is 5.69 Å². The molecule has 146 valence electrons. The molecule has 0 saturated carbocycles. The van der Waals surface area contributed by atoms with Gasteiger partial charge in [0, 0.05) is 35.7 Å². The number of benzene rings is 1. The molecule has 1 fully saturated rings. The molecule has 2 unspecified atom stereocenters. The van der Waals surface area contributed by atoms with Crippen molar-refractivity contribution in [3.05, 3.63) is 47.3 Å². The molecule has 2 aromatic rings. The molecule has 1 aliphatic rings. The largest absolute Gasteiger partial charge is 0.494 e. The Morgan fingerprint density at radius 3 is 2.33 bits per heavy atom. The van der Waals surface area contributed by atoms with Gasteiger partial charge in [0.1, 0.15) is 5.75 Å². The second-order valence-corrected chi connectivity index (χ2v) is 8.11. The molecule has 0 bridgehead atoms. The van der Waals surface area contributed by atoms with Crippen LogP contribution in [0.1, 0.15) is 48.9 Å². The maximum atomic E-state index is 13.0. The molecule has 1 aromatic carbocycles. The molecule has 27 heavy (non-hydrogen) atoms. The van der Waals surface area contributed by atoms with Gasteiger partial charge in [-0.1, -0.05) is 13.8 Å². The van der Waals surface area contributed by atoms with Gasteiger partial charge in [-0.2, -0.15) is 0 Å². The molecule has 0 N–H and O–H groups in total. The van der Waals surface area contributed by atoms with Crippen LogP contribution in [-0.2, 0) is 0 Å². The number of nitrogens with zero attached hydrogens (tertiary/aromatic N) is 2. The summed E-state index contributed by atoms with van der Waals surface area (Å²) in [6.07, 6.45) is 1.26. The van der Waals surface area contributed by atoms with E-state index in [0.29, 0.717) is 25.0 Å². The molecule has 0 radical (unpaired) electrons. The normalized spacial score (nSPS) is 20.6. The lowest BCUT2D eigenvalue weighted by Gasteiger charge is -2.34. The molecule has 0 spiro atoms. The first-order valence-corrected chi connectivity index (χ1v) is 10.1. The highest BCUT2D eigenvalue weighted by Gasteiger charge is 2.25. The second-order valence-electron chi connectivity index (χ2n) is 8.11. The molecule has 1 aliphatic heterocycles. The third kappa shape index (κ3) is 4.44. The number of ketones is 1. The molecular weight excluding hydrogens is 336 g/mol. The van der Waals surface area contributed by atoms with Gasteiger partial charge in [0.15, 0.2) is 5.78 Å². The number of aryl methyl sites for hydroxylation is 1. The average Bonchev–Trinajstić information content (AvgIpc) is 2.90. The minimum absolute atomic E-state index is 0.224. The Morgan fingerprint density at radius 2 is 1.74 bits per heavy atom. The molecule has 0 amide bonds. The molecule has 2 heterocycles. The number of ether oxygens (including phenoxy) is 1. The Balaban J connectivity index is 1.79. The fourth-order valence-corrected chi connectivity index (χ4v) is 4.51. The minimum atomic E-state index is 0.224. The summed E-state index contributed by atoms with van der Waals surface area (Å²) in [6.45, 7) is 13.9. The third-order valence-corrected chi connectivity index (χ3v) is 5.45. The van der Waals surface area contributed by atoms with Crippen LogP contribution >= 0.6 is 0 Å². The minimum Gasteiger partial charge on any atom is -0.494 e. The van der Waals surface area contributed by atoms with Crippen LogP contribution in [0.4, 0.5) is 0 Å². The highest BCUT2D eigenvalue weighted by molar-refractivity contribution is 5.99. The molecule has 4 heteroatoms. The Kier molecular flexibility index (Phi) is 6.05. The lowest BCUT2D eigenvalue weighted by Crippen LogP contribution is -2.41. The van der Waals surface area contributed by atoms with Crippen molar-refractivity contribution >= 4 is 5.78 Å². The molecule has 2 atom stereocenters. The van der Waals surface area contributed by atoms with E-state index in [9.17, 15) is 4.79 Å². The van der Waals surface area contributed by atoms with Gasteiger partial charge in [0.2, 0.25) is 0 Å². The maximum Gasteiger partial charge on any atom is 0.178 e. The zero-order valence-corrected chi connectivity index (χ0v) is 17.3. The van der Waals surface area contributed by atoms with Crippen LogP contribution in [0, 0.1) is 25.7 Å². The number of rotatable bonds is 6. The van der Waals surface area contributed by atoms with E-state index in [1.807, 2.05) is 44.2 Å². The Labute approximate surface area is 163 Å². The molecule has 4 nitrogen and oxygen atoms in total. The third-order valence-electron chi connectivity index (χ3n) is 5.45. The Bertz CT molecular complexity index is 781. The number of piperidine rings is 1. The number of aromatic nitrogens is 1. The van der Waals surface area contributed by atoms with Gasteiger partial charge in [0.25, 0.3) is 0 Å². The summed E-state index contributed by atoms with van der Waals surface area (Å²) >= 11 is 0. The summed E-state index contributed by atoms with van der Waals surface area (Å²) in [4.78, 5) is 15.3. The van der Waals surface area contributed by atoms with Crippen molar-refractivity contribution in [1.29, 1.82) is 0 Å². The smallest absolute Gasteiger partial charge is 0.178 e. The highest BCUT2D eigenvalue weighted by atomic mass is 16.5. The summed E-state index contributed by atoms with van der Waals surface area (Å²) in [7, 11) is 0. The first kappa shape index (κ1) is 19.7. The van der Waals surface area contributed by atoms with E-state index in [2.05, 4.69) is 30.2 Å².